The van der Waals surface area contributed by atoms with E-state index in [1.807, 2.05) is 0 Å². The van der Waals surface area contributed by atoms with Gasteiger partial charge in [-0.05, 0) is 46.3 Å². The van der Waals surface area contributed by atoms with Gasteiger partial charge in [0.1, 0.15) is 0 Å². The molecule has 0 aliphatic carbocycles. The number of carboxylic acid groups (broad SMARTS) is 1. The smallest absolute Gasteiger partial charge is 0.317 e. The van der Waals surface area contributed by atoms with E-state index in [4.69, 9.17) is 5.11 Å². The number of likely N-dealkylation sites (tertiary alicyclic amines) is 1. The molecule has 0 spiro atoms. The second kappa shape index (κ2) is 6.21. The van der Waals surface area contributed by atoms with Gasteiger partial charge in [0, 0.05) is 12.1 Å². The summed E-state index contributed by atoms with van der Waals surface area (Å²) in [5, 5.41) is 8.91. The van der Waals surface area contributed by atoms with Gasteiger partial charge >= 0.3 is 5.97 Å². The van der Waals surface area contributed by atoms with Crippen molar-refractivity contribution in [2.24, 2.45) is 0 Å². The fourth-order valence-corrected chi connectivity index (χ4v) is 2.45. The molecule has 1 heterocycles. The SMILES string of the molecule is CCCN(CC(=O)O)C1CCN(C)C(C)C1. The van der Waals surface area contributed by atoms with Crippen molar-refractivity contribution in [1.82, 2.24) is 9.80 Å². The summed E-state index contributed by atoms with van der Waals surface area (Å²) in [6.07, 6.45) is 3.20. The van der Waals surface area contributed by atoms with E-state index in [9.17, 15) is 4.79 Å². The summed E-state index contributed by atoms with van der Waals surface area (Å²) >= 11 is 0. The van der Waals surface area contributed by atoms with Crippen molar-refractivity contribution in [2.45, 2.75) is 45.2 Å². The minimum absolute atomic E-state index is 0.189. The van der Waals surface area contributed by atoms with E-state index in [1.54, 1.807) is 0 Å². The van der Waals surface area contributed by atoms with Gasteiger partial charge in [0.25, 0.3) is 0 Å². The molecule has 2 unspecified atom stereocenters. The third kappa shape index (κ3) is 3.76. The van der Waals surface area contributed by atoms with E-state index >= 15 is 0 Å². The molecule has 1 saturated heterocycles. The summed E-state index contributed by atoms with van der Waals surface area (Å²) in [6.45, 7) is 6.48. The van der Waals surface area contributed by atoms with Gasteiger partial charge in [0.05, 0.1) is 6.54 Å². The summed E-state index contributed by atoms with van der Waals surface area (Å²) in [5.74, 6) is -0.708. The monoisotopic (exact) mass is 228 g/mol. The number of rotatable bonds is 5. The highest BCUT2D eigenvalue weighted by atomic mass is 16.4. The Kier molecular flexibility index (Phi) is 5.22. The minimum atomic E-state index is -0.708. The Morgan fingerprint density at radius 3 is 2.75 bits per heavy atom. The maximum absolute atomic E-state index is 10.8. The number of aliphatic carboxylic acids is 1. The first-order valence-electron chi connectivity index (χ1n) is 6.20. The van der Waals surface area contributed by atoms with Crippen LogP contribution in [0.4, 0.5) is 0 Å². The molecule has 94 valence electrons. The molecule has 4 heteroatoms. The van der Waals surface area contributed by atoms with Crippen LogP contribution in [0.25, 0.3) is 0 Å². The lowest BCUT2D eigenvalue weighted by Crippen LogP contribution is -2.49. The second-order valence-electron chi connectivity index (χ2n) is 4.87. The Balaban J connectivity index is 2.53. The molecule has 4 nitrogen and oxygen atoms in total. The van der Waals surface area contributed by atoms with Crippen molar-refractivity contribution in [3.8, 4) is 0 Å². The van der Waals surface area contributed by atoms with Crippen LogP contribution in [-0.2, 0) is 4.79 Å². The molecule has 0 amide bonds. The van der Waals surface area contributed by atoms with Crippen LogP contribution in [-0.4, -0.2) is 59.6 Å². The third-order valence-electron chi connectivity index (χ3n) is 3.55. The Bertz CT molecular complexity index is 233. The van der Waals surface area contributed by atoms with Crippen LogP contribution in [0, 0.1) is 0 Å². The number of hydrogen-bond acceptors (Lipinski definition) is 3. The number of piperidine rings is 1. The zero-order valence-corrected chi connectivity index (χ0v) is 10.6. The molecule has 1 rings (SSSR count). The minimum Gasteiger partial charge on any atom is -0.480 e. The van der Waals surface area contributed by atoms with Crippen molar-refractivity contribution in [3.63, 3.8) is 0 Å². The quantitative estimate of drug-likeness (QED) is 0.769. The Labute approximate surface area is 98.2 Å². The molecule has 0 saturated carbocycles. The maximum Gasteiger partial charge on any atom is 0.317 e. The Morgan fingerprint density at radius 1 is 1.56 bits per heavy atom. The molecule has 0 radical (unpaired) electrons. The number of carbonyl (C=O) groups is 1. The fourth-order valence-electron chi connectivity index (χ4n) is 2.45. The highest BCUT2D eigenvalue weighted by Gasteiger charge is 2.27. The molecule has 1 aliphatic rings. The Hall–Kier alpha value is -0.610. The second-order valence-corrected chi connectivity index (χ2v) is 4.87. The van der Waals surface area contributed by atoms with E-state index < -0.39 is 5.97 Å². The number of carboxylic acids is 1. The summed E-state index contributed by atoms with van der Waals surface area (Å²) < 4.78 is 0. The predicted octanol–water partition coefficient (Wildman–Crippen LogP) is 1.27. The van der Waals surface area contributed by atoms with Crippen molar-refractivity contribution >= 4 is 5.97 Å². The van der Waals surface area contributed by atoms with E-state index in [0.717, 1.165) is 32.4 Å². The maximum atomic E-state index is 10.8. The van der Waals surface area contributed by atoms with Gasteiger partial charge in [-0.2, -0.15) is 0 Å². The summed E-state index contributed by atoms with van der Waals surface area (Å²) in [4.78, 5) is 15.3. The molecule has 0 aromatic rings. The number of nitrogens with zero attached hydrogens (tertiary/aromatic N) is 2. The molecular formula is C12H24N2O2. The van der Waals surface area contributed by atoms with Crippen LogP contribution < -0.4 is 0 Å². The first-order valence-corrected chi connectivity index (χ1v) is 6.20. The van der Waals surface area contributed by atoms with Crippen LogP contribution in [0.1, 0.15) is 33.1 Å². The zero-order chi connectivity index (χ0) is 12.1. The van der Waals surface area contributed by atoms with Gasteiger partial charge in [0.15, 0.2) is 0 Å². The molecule has 0 bridgehead atoms. The first-order chi connectivity index (χ1) is 7.54. The molecule has 1 N–H and O–H groups in total. The van der Waals surface area contributed by atoms with Crippen LogP contribution in [0.15, 0.2) is 0 Å². The molecule has 2 atom stereocenters. The van der Waals surface area contributed by atoms with Crippen LogP contribution >= 0.6 is 0 Å². The molecule has 0 aromatic carbocycles. The van der Waals surface area contributed by atoms with Gasteiger partial charge in [0.2, 0.25) is 0 Å². The summed E-state index contributed by atoms with van der Waals surface area (Å²) in [7, 11) is 2.14. The summed E-state index contributed by atoms with van der Waals surface area (Å²) in [6, 6.07) is 1.01. The standard InChI is InChI=1S/C12H24N2O2/c1-4-6-14(9-12(15)16)11-5-7-13(3)10(2)8-11/h10-11H,4-9H2,1-3H3,(H,15,16). The average molecular weight is 228 g/mol. The van der Waals surface area contributed by atoms with Crippen molar-refractivity contribution < 1.29 is 9.90 Å². The van der Waals surface area contributed by atoms with E-state index in [2.05, 4.69) is 30.7 Å². The van der Waals surface area contributed by atoms with Gasteiger partial charge < -0.3 is 10.0 Å². The van der Waals surface area contributed by atoms with E-state index in [-0.39, 0.29) is 6.54 Å². The molecular weight excluding hydrogens is 204 g/mol. The molecule has 1 fully saturated rings. The number of hydrogen-bond donors (Lipinski definition) is 1. The van der Waals surface area contributed by atoms with E-state index in [0.29, 0.717) is 12.1 Å². The average Bonchev–Trinajstić information content (AvgIpc) is 2.21. The lowest BCUT2D eigenvalue weighted by molar-refractivity contribution is -0.139. The van der Waals surface area contributed by atoms with Gasteiger partial charge in [-0.3, -0.25) is 9.69 Å². The lowest BCUT2D eigenvalue weighted by Gasteiger charge is -2.40. The van der Waals surface area contributed by atoms with Crippen LogP contribution in [0.5, 0.6) is 0 Å². The highest BCUT2D eigenvalue weighted by Crippen LogP contribution is 2.20. The largest absolute Gasteiger partial charge is 0.480 e. The van der Waals surface area contributed by atoms with Crippen LogP contribution in [0.3, 0.4) is 0 Å². The zero-order valence-electron chi connectivity index (χ0n) is 10.6. The highest BCUT2D eigenvalue weighted by molar-refractivity contribution is 5.69. The normalized spacial score (nSPS) is 27.2. The summed E-state index contributed by atoms with van der Waals surface area (Å²) in [5.41, 5.74) is 0. The predicted molar refractivity (Wildman–Crippen MR) is 64.6 cm³/mol. The topological polar surface area (TPSA) is 43.8 Å². The van der Waals surface area contributed by atoms with Gasteiger partial charge in [-0.15, -0.1) is 0 Å². The molecule has 16 heavy (non-hydrogen) atoms. The molecule has 0 aromatic heterocycles. The van der Waals surface area contributed by atoms with E-state index in [1.165, 1.54) is 0 Å². The van der Waals surface area contributed by atoms with Crippen molar-refractivity contribution in [3.05, 3.63) is 0 Å². The molecule has 1 aliphatic heterocycles. The van der Waals surface area contributed by atoms with Crippen LogP contribution in [0.2, 0.25) is 0 Å². The van der Waals surface area contributed by atoms with Crippen molar-refractivity contribution in [1.29, 1.82) is 0 Å². The third-order valence-corrected chi connectivity index (χ3v) is 3.55. The first kappa shape index (κ1) is 13.5. The Morgan fingerprint density at radius 2 is 2.25 bits per heavy atom. The lowest BCUT2D eigenvalue weighted by atomic mass is 9.97. The van der Waals surface area contributed by atoms with Gasteiger partial charge in [-0.1, -0.05) is 6.92 Å². The van der Waals surface area contributed by atoms with Crippen molar-refractivity contribution in [2.75, 3.05) is 26.7 Å². The fraction of sp³-hybridized carbons (Fsp3) is 0.917. The van der Waals surface area contributed by atoms with Gasteiger partial charge in [-0.25, -0.2) is 0 Å².